The number of para-hydroxylation sites is 2. The number of carbonyl (C=O) groups excluding carboxylic acids is 2. The van der Waals surface area contributed by atoms with E-state index < -0.39 is 6.04 Å². The molecule has 0 fully saturated rings. The molecule has 2 aromatic carbocycles. The molecule has 0 aliphatic carbocycles. The molecule has 236 valence electrons. The van der Waals surface area contributed by atoms with Crippen molar-refractivity contribution >= 4 is 35.2 Å². The highest BCUT2D eigenvalue weighted by Crippen LogP contribution is 2.40. The van der Waals surface area contributed by atoms with Crippen LogP contribution in [0.15, 0.2) is 58.9 Å². The van der Waals surface area contributed by atoms with Crippen molar-refractivity contribution in [2.24, 2.45) is 0 Å². The number of carbonyl (C=O) groups is 2. The molecule has 2 N–H and O–H groups in total. The van der Waals surface area contributed by atoms with Gasteiger partial charge in [-0.05, 0) is 70.9 Å². The maximum atomic E-state index is 14.1. The SMILES string of the molecule is CCCSc1nc2n(n1)C(c1ccc(OCC(=O)N(CC)CC)c(OCC)c1)C(C(=O)Nc1ccccc1OCC)=C(C)N2. The monoisotopic (exact) mass is 622 g/mol. The summed E-state index contributed by atoms with van der Waals surface area (Å²) in [5.41, 5.74) is 2.43. The Balaban J connectivity index is 1.74. The zero-order valence-corrected chi connectivity index (χ0v) is 27.1. The maximum Gasteiger partial charge on any atom is 0.260 e. The van der Waals surface area contributed by atoms with E-state index in [1.54, 1.807) is 27.4 Å². The Morgan fingerprint density at radius 1 is 0.977 bits per heavy atom. The minimum atomic E-state index is -0.625. The first-order valence-corrected chi connectivity index (χ1v) is 16.1. The molecule has 1 aromatic heterocycles. The molecule has 44 heavy (non-hydrogen) atoms. The second-order valence-corrected chi connectivity index (χ2v) is 11.0. The van der Waals surface area contributed by atoms with Gasteiger partial charge in [-0.2, -0.15) is 4.98 Å². The van der Waals surface area contributed by atoms with E-state index in [0.717, 1.165) is 17.7 Å². The molecule has 2 amide bonds. The number of benzene rings is 2. The number of thioether (sulfide) groups is 1. The van der Waals surface area contributed by atoms with Gasteiger partial charge in [-0.25, -0.2) is 4.68 Å². The first kappa shape index (κ1) is 32.7. The predicted octanol–water partition coefficient (Wildman–Crippen LogP) is 5.75. The van der Waals surface area contributed by atoms with Gasteiger partial charge in [0.2, 0.25) is 11.1 Å². The van der Waals surface area contributed by atoms with Crippen LogP contribution in [0.2, 0.25) is 0 Å². The molecule has 11 nitrogen and oxygen atoms in total. The first-order valence-electron chi connectivity index (χ1n) is 15.1. The molecule has 1 aliphatic rings. The lowest BCUT2D eigenvalue weighted by molar-refractivity contribution is -0.133. The molecular formula is C32H42N6O5S. The smallest absolute Gasteiger partial charge is 0.260 e. The molecule has 3 aromatic rings. The van der Waals surface area contributed by atoms with Gasteiger partial charge in [0.1, 0.15) is 11.8 Å². The molecule has 0 radical (unpaired) electrons. The number of fused-ring (bicyclic) bond motifs is 1. The summed E-state index contributed by atoms with van der Waals surface area (Å²) in [6.07, 6.45) is 0.978. The van der Waals surface area contributed by atoms with Crippen LogP contribution in [0.25, 0.3) is 0 Å². The number of ether oxygens (including phenoxy) is 3. The molecule has 2 heterocycles. The summed E-state index contributed by atoms with van der Waals surface area (Å²) in [5.74, 6) is 2.50. The molecule has 4 rings (SSSR count). The van der Waals surface area contributed by atoms with Gasteiger partial charge < -0.3 is 29.7 Å². The van der Waals surface area contributed by atoms with Gasteiger partial charge in [0.15, 0.2) is 18.1 Å². The van der Waals surface area contributed by atoms with Crippen molar-refractivity contribution in [2.75, 3.05) is 49.3 Å². The van der Waals surface area contributed by atoms with Gasteiger partial charge in [0.05, 0.1) is 24.5 Å². The van der Waals surface area contributed by atoms with Crippen molar-refractivity contribution in [3.05, 3.63) is 59.3 Å². The van der Waals surface area contributed by atoms with Crippen molar-refractivity contribution < 1.29 is 23.8 Å². The zero-order chi connectivity index (χ0) is 31.6. The lowest BCUT2D eigenvalue weighted by Crippen LogP contribution is -2.34. The van der Waals surface area contributed by atoms with Crippen LogP contribution in [0.5, 0.6) is 17.2 Å². The van der Waals surface area contributed by atoms with Crippen molar-refractivity contribution in [3.63, 3.8) is 0 Å². The Kier molecular flexibility index (Phi) is 11.5. The van der Waals surface area contributed by atoms with Gasteiger partial charge in [0.25, 0.3) is 11.8 Å². The number of allylic oxidation sites excluding steroid dienone is 1. The van der Waals surface area contributed by atoms with Crippen LogP contribution in [0.1, 0.15) is 59.6 Å². The minimum Gasteiger partial charge on any atom is -0.492 e. The number of hydrogen-bond acceptors (Lipinski definition) is 9. The summed E-state index contributed by atoms with van der Waals surface area (Å²) < 4.78 is 19.4. The van der Waals surface area contributed by atoms with E-state index in [1.165, 1.54) is 0 Å². The Morgan fingerprint density at radius 2 is 1.70 bits per heavy atom. The summed E-state index contributed by atoms with van der Waals surface area (Å²) in [4.78, 5) is 33.1. The number of nitrogens with zero attached hydrogens (tertiary/aromatic N) is 4. The highest BCUT2D eigenvalue weighted by molar-refractivity contribution is 7.99. The fourth-order valence-corrected chi connectivity index (χ4v) is 5.60. The molecule has 0 saturated heterocycles. The molecule has 1 aliphatic heterocycles. The highest BCUT2D eigenvalue weighted by Gasteiger charge is 2.35. The summed E-state index contributed by atoms with van der Waals surface area (Å²) in [5, 5.41) is 11.8. The second kappa shape index (κ2) is 15.5. The average molecular weight is 623 g/mol. The van der Waals surface area contributed by atoms with Crippen LogP contribution in [-0.4, -0.2) is 70.1 Å². The molecule has 0 bridgehead atoms. The normalized spacial score (nSPS) is 14.0. The topological polar surface area (TPSA) is 120 Å². The van der Waals surface area contributed by atoms with E-state index in [4.69, 9.17) is 24.3 Å². The summed E-state index contributed by atoms with van der Waals surface area (Å²) >= 11 is 1.56. The number of amides is 2. The van der Waals surface area contributed by atoms with E-state index in [-0.39, 0.29) is 18.4 Å². The summed E-state index contributed by atoms with van der Waals surface area (Å²) in [7, 11) is 0. The van der Waals surface area contributed by atoms with Crippen LogP contribution in [0.4, 0.5) is 11.6 Å². The number of likely N-dealkylation sites (N-methyl/N-ethyl adjacent to an activating group) is 1. The van der Waals surface area contributed by atoms with E-state index in [2.05, 4.69) is 17.6 Å². The van der Waals surface area contributed by atoms with Crippen LogP contribution in [0.3, 0.4) is 0 Å². The van der Waals surface area contributed by atoms with E-state index in [0.29, 0.717) is 71.6 Å². The average Bonchev–Trinajstić information content (AvgIpc) is 3.42. The largest absolute Gasteiger partial charge is 0.492 e. The fourth-order valence-electron chi connectivity index (χ4n) is 4.92. The van der Waals surface area contributed by atoms with Gasteiger partial charge in [-0.3, -0.25) is 9.59 Å². The van der Waals surface area contributed by atoms with E-state index >= 15 is 0 Å². The third-order valence-corrected chi connectivity index (χ3v) is 8.04. The number of rotatable bonds is 15. The zero-order valence-electron chi connectivity index (χ0n) is 26.3. The highest BCUT2D eigenvalue weighted by atomic mass is 32.2. The lowest BCUT2D eigenvalue weighted by Gasteiger charge is -2.29. The third-order valence-electron chi connectivity index (χ3n) is 7.00. The van der Waals surface area contributed by atoms with Crippen LogP contribution in [0, 0.1) is 0 Å². The van der Waals surface area contributed by atoms with Crippen molar-refractivity contribution in [3.8, 4) is 17.2 Å². The molecule has 12 heteroatoms. The lowest BCUT2D eigenvalue weighted by atomic mass is 9.94. The quantitative estimate of drug-likeness (QED) is 0.204. The first-order chi connectivity index (χ1) is 21.3. The van der Waals surface area contributed by atoms with Gasteiger partial charge in [0, 0.05) is 24.5 Å². The van der Waals surface area contributed by atoms with Gasteiger partial charge >= 0.3 is 0 Å². The molecule has 0 saturated carbocycles. The Morgan fingerprint density at radius 3 is 2.41 bits per heavy atom. The van der Waals surface area contributed by atoms with Crippen LogP contribution in [-0.2, 0) is 9.59 Å². The third kappa shape index (κ3) is 7.47. The Hall–Kier alpha value is -4.19. The number of anilines is 2. The maximum absolute atomic E-state index is 14.1. The van der Waals surface area contributed by atoms with Gasteiger partial charge in [-0.15, -0.1) is 5.10 Å². The van der Waals surface area contributed by atoms with E-state index in [9.17, 15) is 9.59 Å². The number of aromatic nitrogens is 3. The number of hydrogen-bond donors (Lipinski definition) is 2. The molecule has 0 spiro atoms. The Bertz CT molecular complexity index is 1490. The molecular weight excluding hydrogens is 580 g/mol. The van der Waals surface area contributed by atoms with E-state index in [1.807, 2.05) is 71.0 Å². The molecule has 1 unspecified atom stereocenters. The predicted molar refractivity (Wildman–Crippen MR) is 173 cm³/mol. The number of nitrogens with one attached hydrogen (secondary N) is 2. The second-order valence-electron chi connectivity index (χ2n) is 9.95. The molecule has 1 atom stereocenters. The van der Waals surface area contributed by atoms with Gasteiger partial charge in [-0.1, -0.05) is 36.9 Å². The van der Waals surface area contributed by atoms with Crippen molar-refractivity contribution in [1.82, 2.24) is 19.7 Å². The van der Waals surface area contributed by atoms with Crippen molar-refractivity contribution in [2.45, 2.75) is 59.2 Å². The van der Waals surface area contributed by atoms with Crippen molar-refractivity contribution in [1.29, 1.82) is 0 Å². The summed E-state index contributed by atoms with van der Waals surface area (Å²) in [6.45, 7) is 13.6. The minimum absolute atomic E-state index is 0.103. The summed E-state index contributed by atoms with van der Waals surface area (Å²) in [6, 6.07) is 12.2. The fraction of sp³-hybridized carbons (Fsp3) is 0.438. The Labute approximate surface area is 263 Å². The van der Waals surface area contributed by atoms with Crippen LogP contribution < -0.4 is 24.8 Å². The van der Waals surface area contributed by atoms with Crippen LogP contribution >= 0.6 is 11.8 Å². The standard InChI is InChI=1S/C32H42N6O5S/c1-7-18-44-32-35-31-33-21(6)28(30(40)34-23-14-12-13-15-24(23)41-10-4)29(38(31)36-32)22-16-17-25(26(19-22)42-11-5)43-20-27(39)37(8-2)9-3/h12-17,19,29H,7-11,18,20H2,1-6H3,(H,34,40)(H,33,35,36).